The zero-order valence-electron chi connectivity index (χ0n) is 12.5. The molecule has 1 saturated carbocycles. The first-order valence-electron chi connectivity index (χ1n) is 7.62. The fourth-order valence-electron chi connectivity index (χ4n) is 2.66. The Balaban J connectivity index is 1.53. The summed E-state index contributed by atoms with van der Waals surface area (Å²) in [6, 6.07) is 1.27. The van der Waals surface area contributed by atoms with E-state index < -0.39 is 0 Å². The van der Waals surface area contributed by atoms with Crippen LogP contribution in [0.5, 0.6) is 0 Å². The number of aromatic nitrogens is 2. The zero-order chi connectivity index (χ0) is 13.9. The van der Waals surface area contributed by atoms with E-state index in [1.165, 1.54) is 18.4 Å². The number of hydrogen-bond donors (Lipinski definition) is 1. The van der Waals surface area contributed by atoms with E-state index in [1.54, 1.807) is 0 Å². The molecule has 5 nitrogen and oxygen atoms in total. The lowest BCUT2D eigenvalue weighted by molar-refractivity contribution is 0.113. The highest BCUT2D eigenvalue weighted by atomic mass is 15.3. The van der Waals surface area contributed by atoms with Gasteiger partial charge in [-0.2, -0.15) is 0 Å². The molecule has 1 atom stereocenters. The number of piperazine rings is 1. The van der Waals surface area contributed by atoms with Crippen molar-refractivity contribution in [2.75, 3.05) is 33.7 Å². The van der Waals surface area contributed by atoms with Crippen LogP contribution < -0.4 is 5.32 Å². The molecule has 0 radical (unpaired) electrons. The van der Waals surface area contributed by atoms with Gasteiger partial charge >= 0.3 is 0 Å². The summed E-state index contributed by atoms with van der Waals surface area (Å²) in [5.41, 5.74) is 1.19. The Labute approximate surface area is 121 Å². The van der Waals surface area contributed by atoms with Crippen molar-refractivity contribution in [2.24, 2.45) is 0 Å². The molecule has 1 unspecified atom stereocenters. The number of hydrogen-bond acceptors (Lipinski definition) is 5. The van der Waals surface area contributed by atoms with E-state index in [4.69, 9.17) is 0 Å². The monoisotopic (exact) mass is 275 g/mol. The predicted octanol–water partition coefficient (Wildman–Crippen LogP) is 0.517. The molecule has 1 aliphatic carbocycles. The highest BCUT2D eigenvalue weighted by Crippen LogP contribution is 2.19. The van der Waals surface area contributed by atoms with Crippen molar-refractivity contribution in [3.05, 3.63) is 23.8 Å². The second-order valence-electron chi connectivity index (χ2n) is 6.26. The number of likely N-dealkylation sites (N-methyl/N-ethyl adjacent to an activating group) is 2. The predicted molar refractivity (Wildman–Crippen MR) is 79.5 cm³/mol. The Morgan fingerprint density at radius 3 is 2.65 bits per heavy atom. The molecule has 1 N–H and O–H groups in total. The number of rotatable bonds is 5. The van der Waals surface area contributed by atoms with Gasteiger partial charge in [0.05, 0.1) is 0 Å². The highest BCUT2D eigenvalue weighted by molar-refractivity contribution is 5.06. The third-order valence-electron chi connectivity index (χ3n) is 4.33. The van der Waals surface area contributed by atoms with Gasteiger partial charge < -0.3 is 15.1 Å². The molecule has 3 rings (SSSR count). The first kappa shape index (κ1) is 13.9. The van der Waals surface area contributed by atoms with Crippen LogP contribution in [0.1, 0.15) is 24.2 Å². The van der Waals surface area contributed by atoms with Crippen molar-refractivity contribution < 1.29 is 0 Å². The maximum Gasteiger partial charge on any atom is 0.129 e. The lowest BCUT2D eigenvalue weighted by Gasteiger charge is -2.37. The van der Waals surface area contributed by atoms with Crippen LogP contribution in [0, 0.1) is 0 Å². The summed E-state index contributed by atoms with van der Waals surface area (Å²) in [6.45, 7) is 4.28. The molecule has 2 aliphatic rings. The number of nitrogens with one attached hydrogen (secondary N) is 1. The summed E-state index contributed by atoms with van der Waals surface area (Å²) >= 11 is 0. The normalized spacial score (nSPS) is 25.0. The van der Waals surface area contributed by atoms with Crippen LogP contribution in [0.2, 0.25) is 0 Å². The topological polar surface area (TPSA) is 44.3 Å². The average Bonchev–Trinajstić information content (AvgIpc) is 3.26. The Morgan fingerprint density at radius 2 is 1.95 bits per heavy atom. The molecule has 0 amide bonds. The van der Waals surface area contributed by atoms with E-state index in [-0.39, 0.29) is 0 Å². The molecule has 5 heteroatoms. The Morgan fingerprint density at radius 1 is 1.20 bits per heavy atom. The highest BCUT2D eigenvalue weighted by Gasteiger charge is 2.23. The van der Waals surface area contributed by atoms with Gasteiger partial charge in [-0.3, -0.25) is 0 Å². The van der Waals surface area contributed by atoms with Crippen LogP contribution >= 0.6 is 0 Å². The van der Waals surface area contributed by atoms with Crippen molar-refractivity contribution in [1.82, 2.24) is 25.1 Å². The van der Waals surface area contributed by atoms with E-state index in [9.17, 15) is 0 Å². The van der Waals surface area contributed by atoms with Gasteiger partial charge in [0.1, 0.15) is 5.82 Å². The molecule has 0 bridgehead atoms. The first-order valence-corrected chi connectivity index (χ1v) is 7.62. The van der Waals surface area contributed by atoms with Gasteiger partial charge in [-0.15, -0.1) is 0 Å². The van der Waals surface area contributed by atoms with Crippen LogP contribution in [0.25, 0.3) is 0 Å². The minimum absolute atomic E-state index is 0.532. The van der Waals surface area contributed by atoms with Crippen LogP contribution in [-0.4, -0.2) is 65.6 Å². The van der Waals surface area contributed by atoms with E-state index in [0.717, 1.165) is 44.5 Å². The molecular weight excluding hydrogens is 250 g/mol. The molecule has 2 heterocycles. The van der Waals surface area contributed by atoms with Crippen molar-refractivity contribution in [1.29, 1.82) is 0 Å². The van der Waals surface area contributed by atoms with Crippen molar-refractivity contribution in [2.45, 2.75) is 37.9 Å². The summed E-state index contributed by atoms with van der Waals surface area (Å²) in [7, 11) is 4.39. The third kappa shape index (κ3) is 3.75. The van der Waals surface area contributed by atoms with Gasteiger partial charge in [-0.05, 0) is 26.9 Å². The van der Waals surface area contributed by atoms with Crippen LogP contribution in [-0.2, 0) is 13.0 Å². The molecule has 1 aromatic heterocycles. The molecule has 0 spiro atoms. The van der Waals surface area contributed by atoms with Gasteiger partial charge in [0, 0.05) is 62.6 Å². The molecule has 110 valence electrons. The van der Waals surface area contributed by atoms with Crippen molar-refractivity contribution in [3.8, 4) is 0 Å². The fraction of sp³-hybridized carbons (Fsp3) is 0.733. The second kappa shape index (κ2) is 6.16. The average molecular weight is 275 g/mol. The van der Waals surface area contributed by atoms with Gasteiger partial charge in [0.15, 0.2) is 0 Å². The van der Waals surface area contributed by atoms with Crippen LogP contribution in [0.15, 0.2) is 12.4 Å². The standard InChI is InChI=1S/C15H25N5/c1-19-5-6-20(2)14(11-19)7-15-17-9-12(10-18-15)8-16-13-3-4-13/h9-10,13-14,16H,3-8,11H2,1-2H3. The van der Waals surface area contributed by atoms with E-state index in [2.05, 4.69) is 39.2 Å². The molecular formula is C15H25N5. The van der Waals surface area contributed by atoms with Gasteiger partial charge in [-0.25, -0.2) is 9.97 Å². The Kier molecular flexibility index (Phi) is 4.29. The SMILES string of the molecule is CN1CCN(C)C(Cc2ncc(CNC3CC3)cn2)C1. The molecule has 1 aromatic rings. The lowest BCUT2D eigenvalue weighted by atomic mass is 10.1. The van der Waals surface area contributed by atoms with Gasteiger partial charge in [0.2, 0.25) is 0 Å². The zero-order valence-corrected chi connectivity index (χ0v) is 12.5. The van der Waals surface area contributed by atoms with Gasteiger partial charge in [-0.1, -0.05) is 0 Å². The third-order valence-corrected chi connectivity index (χ3v) is 4.33. The minimum atomic E-state index is 0.532. The Hall–Kier alpha value is -1.04. The van der Waals surface area contributed by atoms with E-state index >= 15 is 0 Å². The summed E-state index contributed by atoms with van der Waals surface area (Å²) in [5.74, 6) is 0.965. The van der Waals surface area contributed by atoms with Crippen molar-refractivity contribution >= 4 is 0 Å². The summed E-state index contributed by atoms with van der Waals surface area (Å²) in [6.07, 6.45) is 7.53. The number of nitrogens with zero attached hydrogens (tertiary/aromatic N) is 4. The summed E-state index contributed by atoms with van der Waals surface area (Å²) in [4.78, 5) is 13.9. The molecule has 1 saturated heterocycles. The largest absolute Gasteiger partial charge is 0.310 e. The van der Waals surface area contributed by atoms with Crippen LogP contribution in [0.4, 0.5) is 0 Å². The van der Waals surface area contributed by atoms with Crippen molar-refractivity contribution in [3.63, 3.8) is 0 Å². The molecule has 2 fully saturated rings. The fourth-order valence-corrected chi connectivity index (χ4v) is 2.66. The van der Waals surface area contributed by atoms with Crippen LogP contribution in [0.3, 0.4) is 0 Å². The summed E-state index contributed by atoms with van der Waals surface area (Å²) < 4.78 is 0. The first-order chi connectivity index (χ1) is 9.70. The Bertz CT molecular complexity index is 428. The van der Waals surface area contributed by atoms with Gasteiger partial charge in [0.25, 0.3) is 0 Å². The summed E-state index contributed by atoms with van der Waals surface area (Å²) in [5, 5.41) is 3.49. The molecule has 0 aromatic carbocycles. The molecule has 1 aliphatic heterocycles. The minimum Gasteiger partial charge on any atom is -0.310 e. The smallest absolute Gasteiger partial charge is 0.129 e. The van der Waals surface area contributed by atoms with E-state index in [1.807, 2.05) is 12.4 Å². The quantitative estimate of drug-likeness (QED) is 0.848. The maximum atomic E-state index is 4.53. The molecule has 20 heavy (non-hydrogen) atoms. The van der Waals surface area contributed by atoms with E-state index in [0.29, 0.717) is 6.04 Å². The lowest BCUT2D eigenvalue weighted by Crippen LogP contribution is -2.50. The second-order valence-corrected chi connectivity index (χ2v) is 6.26. The maximum absolute atomic E-state index is 4.53.